The van der Waals surface area contributed by atoms with Crippen molar-refractivity contribution in [1.82, 2.24) is 9.62 Å². The Morgan fingerprint density at radius 2 is 1.80 bits per heavy atom. The largest absolute Gasteiger partial charge is 0.351 e. The van der Waals surface area contributed by atoms with Crippen molar-refractivity contribution < 1.29 is 17.6 Å². The minimum absolute atomic E-state index is 0.0372. The summed E-state index contributed by atoms with van der Waals surface area (Å²) in [5.41, 5.74) is 0.715. The third kappa shape index (κ3) is 5.01. The summed E-state index contributed by atoms with van der Waals surface area (Å²) in [5, 5.41) is 2.73. The third-order valence-corrected chi connectivity index (χ3v) is 5.95. The first-order valence-electron chi connectivity index (χ1n) is 7.60. The Morgan fingerprint density at radius 3 is 2.40 bits per heavy atom. The van der Waals surface area contributed by atoms with Gasteiger partial charge in [0.2, 0.25) is 15.9 Å². The van der Waals surface area contributed by atoms with E-state index in [0.29, 0.717) is 5.56 Å². The van der Waals surface area contributed by atoms with Crippen LogP contribution in [0.3, 0.4) is 0 Å². The minimum Gasteiger partial charge on any atom is -0.351 e. The van der Waals surface area contributed by atoms with Crippen LogP contribution in [0, 0.1) is 5.82 Å². The molecule has 0 unspecified atom stereocenters. The smallest absolute Gasteiger partial charge is 0.245 e. The number of likely N-dealkylation sites (N-methyl/N-ethyl adjacent to an activating group) is 1. The molecule has 1 amide bonds. The maximum absolute atomic E-state index is 12.9. The SMILES string of the molecule is CCN(CC(=O)NCc1ccc(F)cc1)S(=O)(=O)c1ccccc1Cl. The molecule has 1 N–H and O–H groups in total. The molecule has 2 rings (SSSR count). The van der Waals surface area contributed by atoms with Gasteiger partial charge < -0.3 is 5.32 Å². The molecule has 0 fully saturated rings. The zero-order valence-corrected chi connectivity index (χ0v) is 15.1. The van der Waals surface area contributed by atoms with Crippen LogP contribution < -0.4 is 5.32 Å². The van der Waals surface area contributed by atoms with Gasteiger partial charge in [-0.3, -0.25) is 4.79 Å². The van der Waals surface area contributed by atoms with E-state index in [1.54, 1.807) is 31.2 Å². The standard InChI is InChI=1S/C17H18ClFN2O3S/c1-2-21(25(23,24)16-6-4-3-5-15(16)18)12-17(22)20-11-13-7-9-14(19)10-8-13/h3-10H,2,11-12H2,1H3,(H,20,22). The van der Waals surface area contributed by atoms with Crippen LogP contribution in [0.5, 0.6) is 0 Å². The van der Waals surface area contributed by atoms with Crippen molar-refractivity contribution in [2.45, 2.75) is 18.4 Å². The van der Waals surface area contributed by atoms with Gasteiger partial charge in [-0.15, -0.1) is 0 Å². The molecule has 2 aromatic carbocycles. The number of nitrogens with one attached hydrogen (secondary N) is 1. The summed E-state index contributed by atoms with van der Waals surface area (Å²) < 4.78 is 39.2. The first kappa shape index (κ1) is 19.4. The summed E-state index contributed by atoms with van der Waals surface area (Å²) >= 11 is 5.96. The molecule has 0 heterocycles. The van der Waals surface area contributed by atoms with Gasteiger partial charge in [0.25, 0.3) is 0 Å². The lowest BCUT2D eigenvalue weighted by Gasteiger charge is -2.20. The van der Waals surface area contributed by atoms with E-state index in [1.807, 2.05) is 0 Å². The van der Waals surface area contributed by atoms with Gasteiger partial charge in [-0.25, -0.2) is 12.8 Å². The molecule has 0 radical (unpaired) electrons. The van der Waals surface area contributed by atoms with E-state index in [1.165, 1.54) is 24.3 Å². The number of carbonyl (C=O) groups excluding carboxylic acids is 1. The molecule has 0 aliphatic rings. The van der Waals surface area contributed by atoms with E-state index in [2.05, 4.69) is 5.32 Å². The Labute approximate surface area is 151 Å². The first-order valence-corrected chi connectivity index (χ1v) is 9.42. The fourth-order valence-corrected chi connectivity index (χ4v) is 4.08. The number of nitrogens with zero attached hydrogens (tertiary/aromatic N) is 1. The number of amides is 1. The zero-order valence-electron chi connectivity index (χ0n) is 13.6. The molecule has 134 valence electrons. The van der Waals surface area contributed by atoms with Crippen LogP contribution in [0.1, 0.15) is 12.5 Å². The van der Waals surface area contributed by atoms with Crippen LogP contribution in [-0.2, 0) is 21.4 Å². The number of benzene rings is 2. The summed E-state index contributed by atoms with van der Waals surface area (Å²) in [6, 6.07) is 11.8. The van der Waals surface area contributed by atoms with E-state index >= 15 is 0 Å². The Kier molecular flexibility index (Phi) is 6.52. The summed E-state index contributed by atoms with van der Waals surface area (Å²) in [4.78, 5) is 12.1. The molecule has 0 bridgehead atoms. The molecule has 5 nitrogen and oxygen atoms in total. The molecule has 0 saturated heterocycles. The lowest BCUT2D eigenvalue weighted by atomic mass is 10.2. The maximum atomic E-state index is 12.9. The fourth-order valence-electron chi connectivity index (χ4n) is 2.18. The number of halogens is 2. The molecular formula is C17H18ClFN2O3S. The minimum atomic E-state index is -3.87. The predicted molar refractivity (Wildman–Crippen MR) is 94.1 cm³/mol. The van der Waals surface area contributed by atoms with E-state index in [9.17, 15) is 17.6 Å². The quantitative estimate of drug-likeness (QED) is 0.798. The van der Waals surface area contributed by atoms with E-state index in [-0.39, 0.29) is 35.4 Å². The summed E-state index contributed by atoms with van der Waals surface area (Å²) in [6.45, 7) is 1.62. The summed E-state index contributed by atoms with van der Waals surface area (Å²) in [6.07, 6.45) is 0. The fraction of sp³-hybridized carbons (Fsp3) is 0.235. The average molecular weight is 385 g/mol. The molecule has 8 heteroatoms. The molecule has 0 spiro atoms. The van der Waals surface area contributed by atoms with Crippen LogP contribution in [0.2, 0.25) is 5.02 Å². The monoisotopic (exact) mass is 384 g/mol. The second kappa shape index (κ2) is 8.42. The lowest BCUT2D eigenvalue weighted by Crippen LogP contribution is -2.40. The van der Waals surface area contributed by atoms with Crippen molar-refractivity contribution in [3.8, 4) is 0 Å². The average Bonchev–Trinajstić information content (AvgIpc) is 2.59. The molecule has 2 aromatic rings. The van der Waals surface area contributed by atoms with Gasteiger partial charge in [-0.1, -0.05) is 42.8 Å². The van der Waals surface area contributed by atoms with Crippen molar-refractivity contribution in [3.63, 3.8) is 0 Å². The van der Waals surface area contributed by atoms with Crippen molar-refractivity contribution in [3.05, 3.63) is 64.9 Å². The number of rotatable bonds is 7. The van der Waals surface area contributed by atoms with E-state index in [0.717, 1.165) is 4.31 Å². The van der Waals surface area contributed by atoms with Gasteiger partial charge in [-0.2, -0.15) is 4.31 Å². The van der Waals surface area contributed by atoms with Crippen LogP contribution >= 0.6 is 11.6 Å². The predicted octanol–water partition coefficient (Wildman–Crippen LogP) is 2.81. The molecule has 25 heavy (non-hydrogen) atoms. The Bertz CT molecular complexity index is 841. The number of hydrogen-bond acceptors (Lipinski definition) is 3. The van der Waals surface area contributed by atoms with Crippen molar-refractivity contribution >= 4 is 27.5 Å². The van der Waals surface area contributed by atoms with Crippen LogP contribution in [0.15, 0.2) is 53.4 Å². The maximum Gasteiger partial charge on any atom is 0.245 e. The number of sulfonamides is 1. The third-order valence-electron chi connectivity index (χ3n) is 3.53. The highest BCUT2D eigenvalue weighted by atomic mass is 35.5. The highest BCUT2D eigenvalue weighted by Crippen LogP contribution is 2.23. The molecule has 0 saturated carbocycles. The first-order chi connectivity index (χ1) is 11.8. The van der Waals surface area contributed by atoms with Gasteiger partial charge in [0.15, 0.2) is 0 Å². The lowest BCUT2D eigenvalue weighted by molar-refractivity contribution is -0.121. The van der Waals surface area contributed by atoms with E-state index < -0.39 is 15.9 Å². The number of hydrogen-bond donors (Lipinski definition) is 1. The van der Waals surface area contributed by atoms with Crippen LogP contribution in [0.25, 0.3) is 0 Å². The van der Waals surface area contributed by atoms with Gasteiger partial charge in [0, 0.05) is 13.1 Å². The molecule has 0 atom stereocenters. The normalized spacial score (nSPS) is 11.5. The highest BCUT2D eigenvalue weighted by Gasteiger charge is 2.27. The van der Waals surface area contributed by atoms with Crippen molar-refractivity contribution in [2.24, 2.45) is 0 Å². The van der Waals surface area contributed by atoms with Gasteiger partial charge in [-0.05, 0) is 29.8 Å². The van der Waals surface area contributed by atoms with Crippen LogP contribution in [0.4, 0.5) is 4.39 Å². The molecular weight excluding hydrogens is 367 g/mol. The van der Waals surface area contributed by atoms with E-state index in [4.69, 9.17) is 11.6 Å². The highest BCUT2D eigenvalue weighted by molar-refractivity contribution is 7.89. The molecule has 0 aromatic heterocycles. The Balaban J connectivity index is 2.04. The van der Waals surface area contributed by atoms with Gasteiger partial charge in [0.05, 0.1) is 11.6 Å². The Hall–Kier alpha value is -1.96. The number of carbonyl (C=O) groups is 1. The van der Waals surface area contributed by atoms with Gasteiger partial charge >= 0.3 is 0 Å². The second-order valence-corrected chi connectivity index (χ2v) is 7.58. The Morgan fingerprint density at radius 1 is 1.16 bits per heavy atom. The van der Waals surface area contributed by atoms with Crippen molar-refractivity contribution in [2.75, 3.05) is 13.1 Å². The second-order valence-electron chi connectivity index (χ2n) is 5.26. The molecule has 0 aliphatic heterocycles. The molecule has 0 aliphatic carbocycles. The summed E-state index contributed by atoms with van der Waals surface area (Å²) in [5.74, 6) is -0.820. The van der Waals surface area contributed by atoms with Crippen molar-refractivity contribution in [1.29, 1.82) is 0 Å². The summed E-state index contributed by atoms with van der Waals surface area (Å²) in [7, 11) is -3.87. The van der Waals surface area contributed by atoms with Gasteiger partial charge in [0.1, 0.15) is 10.7 Å². The topological polar surface area (TPSA) is 66.5 Å². The van der Waals surface area contributed by atoms with Crippen LogP contribution in [-0.4, -0.2) is 31.7 Å². The zero-order chi connectivity index (χ0) is 18.4.